The summed E-state index contributed by atoms with van der Waals surface area (Å²) in [6.07, 6.45) is 2.01. The number of hydrogen-bond acceptors (Lipinski definition) is 4. The van der Waals surface area contributed by atoms with Gasteiger partial charge in [0.2, 0.25) is 0 Å². The van der Waals surface area contributed by atoms with Crippen LogP contribution in [-0.4, -0.2) is 14.4 Å². The predicted molar refractivity (Wildman–Crippen MR) is 92.1 cm³/mol. The first-order valence-corrected chi connectivity index (χ1v) is 9.00. The first-order valence-electron chi connectivity index (χ1n) is 6.41. The maximum absolute atomic E-state index is 4.65. The van der Waals surface area contributed by atoms with Crippen LogP contribution in [0.3, 0.4) is 0 Å². The molecule has 4 rings (SSSR count). The average Bonchev–Trinajstić information content (AvgIpc) is 3.07. The Morgan fingerprint density at radius 3 is 2.81 bits per heavy atom. The molecule has 0 aliphatic heterocycles. The summed E-state index contributed by atoms with van der Waals surface area (Å²) < 4.78 is 5.38. The van der Waals surface area contributed by atoms with E-state index < -0.39 is 0 Å². The fraction of sp³-hybridized carbons (Fsp3) is 0.0667. The van der Waals surface area contributed by atoms with Gasteiger partial charge in [-0.3, -0.25) is 4.40 Å². The van der Waals surface area contributed by atoms with Crippen molar-refractivity contribution in [1.82, 2.24) is 14.4 Å². The third-order valence-corrected chi connectivity index (χ3v) is 6.17. The van der Waals surface area contributed by atoms with Crippen LogP contribution in [0.15, 0.2) is 57.6 Å². The number of benzene rings is 1. The number of fused-ring (bicyclic) bond motifs is 2. The molecular weight excluding hydrogens is 366 g/mol. The van der Waals surface area contributed by atoms with E-state index in [9.17, 15) is 0 Å². The summed E-state index contributed by atoms with van der Waals surface area (Å²) in [5, 5.41) is 0. The molecule has 21 heavy (non-hydrogen) atoms. The summed E-state index contributed by atoms with van der Waals surface area (Å²) in [5.41, 5.74) is 3.08. The van der Waals surface area contributed by atoms with Crippen molar-refractivity contribution in [3.8, 4) is 0 Å². The molecule has 0 aliphatic rings. The molecular formula is C15H10BrN3S2. The Labute approximate surface area is 138 Å². The predicted octanol–water partition coefficient (Wildman–Crippen LogP) is 5.00. The molecule has 0 spiro atoms. The quantitative estimate of drug-likeness (QED) is 0.472. The zero-order chi connectivity index (χ0) is 14.2. The van der Waals surface area contributed by atoms with Gasteiger partial charge >= 0.3 is 0 Å². The molecule has 6 heteroatoms. The fourth-order valence-electron chi connectivity index (χ4n) is 2.15. The van der Waals surface area contributed by atoms with Crippen LogP contribution in [0.5, 0.6) is 0 Å². The normalized spacial score (nSPS) is 11.5. The largest absolute Gasteiger partial charge is 0.294 e. The lowest BCUT2D eigenvalue weighted by Gasteiger charge is -1.95. The number of pyridine rings is 1. The zero-order valence-corrected chi connectivity index (χ0v) is 14.1. The van der Waals surface area contributed by atoms with Gasteiger partial charge in [-0.2, -0.15) is 0 Å². The number of hydrogen-bond donors (Lipinski definition) is 0. The summed E-state index contributed by atoms with van der Waals surface area (Å²) in [7, 11) is 0. The summed E-state index contributed by atoms with van der Waals surface area (Å²) in [5.74, 6) is 0.808. The Morgan fingerprint density at radius 1 is 1.10 bits per heavy atom. The highest BCUT2D eigenvalue weighted by atomic mass is 79.9. The van der Waals surface area contributed by atoms with Crippen molar-refractivity contribution in [2.75, 3.05) is 0 Å². The van der Waals surface area contributed by atoms with Crippen molar-refractivity contribution < 1.29 is 0 Å². The Morgan fingerprint density at radius 2 is 1.95 bits per heavy atom. The number of aromatic nitrogens is 3. The van der Waals surface area contributed by atoms with Crippen LogP contribution in [0.2, 0.25) is 0 Å². The van der Waals surface area contributed by atoms with Gasteiger partial charge in [0.05, 0.1) is 15.9 Å². The van der Waals surface area contributed by atoms with Crippen LogP contribution < -0.4 is 0 Å². The topological polar surface area (TPSA) is 30.2 Å². The molecule has 0 aliphatic carbocycles. The Balaban J connectivity index is 1.61. The fourth-order valence-corrected chi connectivity index (χ4v) is 4.87. The van der Waals surface area contributed by atoms with E-state index in [-0.39, 0.29) is 0 Å². The first-order chi connectivity index (χ1) is 10.3. The maximum atomic E-state index is 4.65. The van der Waals surface area contributed by atoms with Crippen molar-refractivity contribution in [2.45, 2.75) is 10.1 Å². The molecule has 0 radical (unpaired) electrons. The number of imidazole rings is 1. The van der Waals surface area contributed by atoms with Gasteiger partial charge in [-0.1, -0.05) is 30.0 Å². The maximum Gasteiger partial charge on any atom is 0.151 e. The molecule has 104 valence electrons. The molecule has 1 aromatic carbocycles. The smallest absolute Gasteiger partial charge is 0.151 e. The van der Waals surface area contributed by atoms with Crippen molar-refractivity contribution in [3.63, 3.8) is 0 Å². The number of nitrogens with zero attached hydrogens (tertiary/aromatic N) is 3. The van der Waals surface area contributed by atoms with E-state index in [1.807, 2.05) is 40.9 Å². The van der Waals surface area contributed by atoms with Gasteiger partial charge in [-0.05, 0) is 40.2 Å². The third-order valence-electron chi connectivity index (χ3n) is 3.14. The summed E-state index contributed by atoms with van der Waals surface area (Å²) in [6, 6.07) is 14.2. The highest BCUT2D eigenvalue weighted by Gasteiger charge is 2.11. The SMILES string of the molecule is Brc1c(CSc2nc3ccccc3s2)nc2ccccn12. The van der Waals surface area contributed by atoms with Crippen LogP contribution in [0.1, 0.15) is 5.69 Å². The molecule has 4 aromatic rings. The van der Waals surface area contributed by atoms with E-state index in [0.29, 0.717) is 0 Å². The van der Waals surface area contributed by atoms with Crippen molar-refractivity contribution >= 4 is 54.9 Å². The van der Waals surface area contributed by atoms with E-state index in [4.69, 9.17) is 0 Å². The van der Waals surface area contributed by atoms with E-state index in [2.05, 4.69) is 38.0 Å². The summed E-state index contributed by atoms with van der Waals surface area (Å²) in [6.45, 7) is 0. The average molecular weight is 376 g/mol. The van der Waals surface area contributed by atoms with Gasteiger partial charge in [0.15, 0.2) is 4.34 Å². The lowest BCUT2D eigenvalue weighted by molar-refractivity contribution is 1.14. The minimum atomic E-state index is 0.808. The van der Waals surface area contributed by atoms with Crippen LogP contribution in [0, 0.1) is 0 Å². The second-order valence-electron chi connectivity index (χ2n) is 4.51. The minimum Gasteiger partial charge on any atom is -0.294 e. The van der Waals surface area contributed by atoms with Crippen LogP contribution in [0.4, 0.5) is 0 Å². The van der Waals surface area contributed by atoms with Gasteiger partial charge < -0.3 is 0 Å². The molecule has 0 amide bonds. The summed E-state index contributed by atoms with van der Waals surface area (Å²) in [4.78, 5) is 9.30. The molecule has 3 aromatic heterocycles. The minimum absolute atomic E-state index is 0.808. The van der Waals surface area contributed by atoms with Gasteiger partial charge in [-0.25, -0.2) is 9.97 Å². The zero-order valence-electron chi connectivity index (χ0n) is 10.9. The molecule has 3 nitrogen and oxygen atoms in total. The van der Waals surface area contributed by atoms with Crippen molar-refractivity contribution in [1.29, 1.82) is 0 Å². The number of halogens is 1. The first kappa shape index (κ1) is 13.3. The third kappa shape index (κ3) is 2.47. The Kier molecular flexibility index (Phi) is 3.45. The van der Waals surface area contributed by atoms with Gasteiger partial charge in [0, 0.05) is 11.9 Å². The second-order valence-corrected chi connectivity index (χ2v) is 7.52. The van der Waals surface area contributed by atoms with Crippen LogP contribution in [0.25, 0.3) is 15.9 Å². The highest BCUT2D eigenvalue weighted by molar-refractivity contribution is 9.10. The van der Waals surface area contributed by atoms with Crippen molar-refractivity contribution in [2.24, 2.45) is 0 Å². The molecule has 0 saturated heterocycles. The Hall–Kier alpha value is -1.37. The highest BCUT2D eigenvalue weighted by Crippen LogP contribution is 2.32. The lowest BCUT2D eigenvalue weighted by Crippen LogP contribution is -1.83. The molecule has 3 heterocycles. The van der Waals surface area contributed by atoms with E-state index in [1.165, 1.54) is 4.70 Å². The lowest BCUT2D eigenvalue weighted by atomic mass is 10.3. The number of para-hydroxylation sites is 1. The number of rotatable bonds is 3. The van der Waals surface area contributed by atoms with E-state index in [1.54, 1.807) is 23.1 Å². The summed E-state index contributed by atoms with van der Waals surface area (Å²) >= 11 is 7.09. The van der Waals surface area contributed by atoms with Crippen LogP contribution in [-0.2, 0) is 5.75 Å². The monoisotopic (exact) mass is 375 g/mol. The van der Waals surface area contributed by atoms with E-state index >= 15 is 0 Å². The second kappa shape index (κ2) is 5.44. The molecule has 0 N–H and O–H groups in total. The van der Waals surface area contributed by atoms with Crippen molar-refractivity contribution in [3.05, 3.63) is 59.0 Å². The number of thioether (sulfide) groups is 1. The molecule has 0 bridgehead atoms. The Bertz CT molecular complexity index is 896. The standard InChI is InChI=1S/C15H10BrN3S2/c16-14-11(17-13-7-3-4-8-19(13)14)9-20-15-18-10-5-1-2-6-12(10)21-15/h1-8H,9H2. The van der Waals surface area contributed by atoms with Gasteiger partial charge in [0.25, 0.3) is 0 Å². The van der Waals surface area contributed by atoms with Gasteiger partial charge in [-0.15, -0.1) is 11.3 Å². The van der Waals surface area contributed by atoms with Gasteiger partial charge in [0.1, 0.15) is 10.3 Å². The molecule has 0 atom stereocenters. The molecule has 0 fully saturated rings. The number of thiazole rings is 1. The van der Waals surface area contributed by atoms with Crippen LogP contribution >= 0.6 is 39.0 Å². The molecule has 0 unspecified atom stereocenters. The van der Waals surface area contributed by atoms with E-state index in [0.717, 1.165) is 31.6 Å². The molecule has 0 saturated carbocycles.